The number of anilines is 1. The first-order valence-corrected chi connectivity index (χ1v) is 9.35. The predicted octanol–water partition coefficient (Wildman–Crippen LogP) is 2.28. The Morgan fingerprint density at radius 2 is 1.96 bits per heavy atom. The minimum absolute atomic E-state index is 0.106. The SMILES string of the molecule is Cn1c(CCC(N)=O)nnc1SCC(=O)Nc1ccc(SC(F)F)cc1. The molecule has 1 heterocycles. The molecule has 2 amide bonds. The van der Waals surface area contributed by atoms with Gasteiger partial charge in [-0.25, -0.2) is 0 Å². The molecule has 1 aromatic heterocycles. The molecular weight excluding hydrogens is 384 g/mol. The predicted molar refractivity (Wildman–Crippen MR) is 96.2 cm³/mol. The Hall–Kier alpha value is -2.14. The lowest BCUT2D eigenvalue weighted by molar-refractivity contribution is -0.118. The summed E-state index contributed by atoms with van der Waals surface area (Å²) >= 11 is 1.64. The lowest BCUT2D eigenvalue weighted by Crippen LogP contribution is -2.14. The van der Waals surface area contributed by atoms with Crippen LogP contribution >= 0.6 is 23.5 Å². The molecule has 0 saturated heterocycles. The Bertz CT molecular complexity index is 768. The molecule has 0 aliphatic rings. The number of carbonyl (C=O) groups excluding carboxylic acids is 2. The smallest absolute Gasteiger partial charge is 0.288 e. The van der Waals surface area contributed by atoms with Gasteiger partial charge in [-0.1, -0.05) is 23.5 Å². The van der Waals surface area contributed by atoms with Crippen molar-refractivity contribution in [2.75, 3.05) is 11.1 Å². The molecule has 7 nitrogen and oxygen atoms in total. The van der Waals surface area contributed by atoms with Crippen LogP contribution in [0.1, 0.15) is 12.2 Å². The summed E-state index contributed by atoms with van der Waals surface area (Å²) in [5.41, 5.74) is 5.63. The second-order valence-corrected chi connectivity index (χ2v) is 7.17. The summed E-state index contributed by atoms with van der Waals surface area (Å²) in [7, 11) is 1.75. The first-order chi connectivity index (χ1) is 12.3. The van der Waals surface area contributed by atoms with Crippen molar-refractivity contribution in [1.29, 1.82) is 0 Å². The third kappa shape index (κ3) is 6.30. The Morgan fingerprint density at radius 1 is 1.27 bits per heavy atom. The number of thioether (sulfide) groups is 2. The molecule has 3 N–H and O–H groups in total. The van der Waals surface area contributed by atoms with E-state index in [1.165, 1.54) is 23.9 Å². The number of aryl methyl sites for hydroxylation is 1. The molecule has 2 aromatic rings. The van der Waals surface area contributed by atoms with Crippen molar-refractivity contribution in [2.24, 2.45) is 12.8 Å². The van der Waals surface area contributed by atoms with Crippen LogP contribution in [0.4, 0.5) is 14.5 Å². The molecule has 0 spiro atoms. The maximum atomic E-state index is 12.3. The molecule has 0 bridgehead atoms. The fraction of sp³-hybridized carbons (Fsp3) is 0.333. The summed E-state index contributed by atoms with van der Waals surface area (Å²) in [6.07, 6.45) is 0.561. The molecule has 11 heteroatoms. The lowest BCUT2D eigenvalue weighted by atomic mass is 10.3. The topological polar surface area (TPSA) is 103 Å². The number of amides is 2. The molecule has 0 saturated carbocycles. The minimum atomic E-state index is -2.48. The zero-order valence-corrected chi connectivity index (χ0v) is 15.4. The molecule has 140 valence electrons. The van der Waals surface area contributed by atoms with E-state index in [1.54, 1.807) is 23.7 Å². The van der Waals surface area contributed by atoms with Gasteiger partial charge < -0.3 is 15.6 Å². The Labute approximate surface area is 157 Å². The van der Waals surface area contributed by atoms with Crippen molar-refractivity contribution in [3.8, 4) is 0 Å². The highest BCUT2D eigenvalue weighted by Gasteiger charge is 2.12. The van der Waals surface area contributed by atoms with E-state index >= 15 is 0 Å². The molecule has 2 rings (SSSR count). The lowest BCUT2D eigenvalue weighted by Gasteiger charge is -2.06. The van der Waals surface area contributed by atoms with E-state index < -0.39 is 11.7 Å². The Balaban J connectivity index is 1.84. The maximum Gasteiger partial charge on any atom is 0.288 e. The van der Waals surface area contributed by atoms with Gasteiger partial charge in [0.25, 0.3) is 5.76 Å². The second kappa shape index (κ2) is 9.53. The molecular formula is C15H17F2N5O2S2. The number of alkyl halides is 2. The number of rotatable bonds is 9. The molecule has 0 aliphatic heterocycles. The highest BCUT2D eigenvalue weighted by Crippen LogP contribution is 2.26. The third-order valence-corrected chi connectivity index (χ3v) is 4.96. The summed E-state index contributed by atoms with van der Waals surface area (Å²) in [6, 6.07) is 6.18. The van der Waals surface area contributed by atoms with E-state index in [0.717, 1.165) is 0 Å². The Morgan fingerprint density at radius 3 is 2.58 bits per heavy atom. The van der Waals surface area contributed by atoms with Gasteiger partial charge in [0.05, 0.1) is 5.75 Å². The second-order valence-electron chi connectivity index (χ2n) is 5.16. The van der Waals surface area contributed by atoms with E-state index in [2.05, 4.69) is 15.5 Å². The average Bonchev–Trinajstić information content (AvgIpc) is 2.92. The van der Waals surface area contributed by atoms with E-state index in [0.29, 0.717) is 39.7 Å². The van der Waals surface area contributed by atoms with Crippen LogP contribution in [0.2, 0.25) is 0 Å². The number of nitrogens with zero attached hydrogens (tertiary/aromatic N) is 3. The van der Waals surface area contributed by atoms with Gasteiger partial charge in [0.2, 0.25) is 11.8 Å². The van der Waals surface area contributed by atoms with Crippen molar-refractivity contribution < 1.29 is 18.4 Å². The van der Waals surface area contributed by atoms with Crippen LogP contribution < -0.4 is 11.1 Å². The van der Waals surface area contributed by atoms with Crippen LogP contribution in [0, 0.1) is 0 Å². The van der Waals surface area contributed by atoms with E-state index in [-0.39, 0.29) is 18.1 Å². The zero-order valence-electron chi connectivity index (χ0n) is 13.8. The third-order valence-electron chi connectivity index (χ3n) is 3.22. The summed E-state index contributed by atoms with van der Waals surface area (Å²) in [6.45, 7) is 0. The average molecular weight is 401 g/mol. The molecule has 0 atom stereocenters. The van der Waals surface area contributed by atoms with Crippen molar-refractivity contribution in [2.45, 2.75) is 28.7 Å². The van der Waals surface area contributed by atoms with Crippen LogP contribution in [-0.2, 0) is 23.1 Å². The summed E-state index contributed by atoms with van der Waals surface area (Å²) in [5, 5.41) is 11.2. The summed E-state index contributed by atoms with van der Waals surface area (Å²) in [5.74, 6) is -2.44. The fourth-order valence-electron chi connectivity index (χ4n) is 1.97. The monoisotopic (exact) mass is 401 g/mol. The van der Waals surface area contributed by atoms with Gasteiger partial charge in [-0.2, -0.15) is 8.78 Å². The maximum absolute atomic E-state index is 12.3. The van der Waals surface area contributed by atoms with Crippen molar-refractivity contribution >= 4 is 41.0 Å². The van der Waals surface area contributed by atoms with Crippen molar-refractivity contribution in [1.82, 2.24) is 14.8 Å². The van der Waals surface area contributed by atoms with Crippen LogP contribution in [0.5, 0.6) is 0 Å². The van der Waals surface area contributed by atoms with E-state index in [4.69, 9.17) is 5.73 Å². The van der Waals surface area contributed by atoms with Crippen molar-refractivity contribution in [3.05, 3.63) is 30.1 Å². The minimum Gasteiger partial charge on any atom is -0.370 e. The quantitative estimate of drug-likeness (QED) is 0.625. The number of nitrogens with one attached hydrogen (secondary N) is 1. The highest BCUT2D eigenvalue weighted by atomic mass is 32.2. The van der Waals surface area contributed by atoms with Gasteiger partial charge in [-0.3, -0.25) is 9.59 Å². The number of hydrogen-bond donors (Lipinski definition) is 2. The van der Waals surface area contributed by atoms with Crippen LogP contribution in [-0.4, -0.2) is 38.1 Å². The van der Waals surface area contributed by atoms with Gasteiger partial charge in [0.15, 0.2) is 5.16 Å². The van der Waals surface area contributed by atoms with Gasteiger partial charge in [0, 0.05) is 30.5 Å². The molecule has 0 aliphatic carbocycles. The number of carbonyl (C=O) groups is 2. The van der Waals surface area contributed by atoms with Gasteiger partial charge >= 0.3 is 0 Å². The Kier molecular flexibility index (Phi) is 7.39. The number of benzene rings is 1. The standard InChI is InChI=1S/C15H17F2N5O2S2/c1-22-12(7-6-11(18)23)20-21-15(22)25-8-13(24)19-9-2-4-10(5-3-9)26-14(16)17/h2-5,14H,6-8H2,1H3,(H2,18,23)(H,19,24). The molecule has 0 unspecified atom stereocenters. The van der Waals surface area contributed by atoms with Crippen molar-refractivity contribution in [3.63, 3.8) is 0 Å². The highest BCUT2D eigenvalue weighted by molar-refractivity contribution is 8.00. The number of halogens is 2. The number of aromatic nitrogens is 3. The van der Waals surface area contributed by atoms with Crippen LogP contribution in [0.25, 0.3) is 0 Å². The number of primary amides is 1. The normalized spacial score (nSPS) is 10.9. The van der Waals surface area contributed by atoms with Crippen LogP contribution in [0.3, 0.4) is 0 Å². The van der Waals surface area contributed by atoms with E-state index in [9.17, 15) is 18.4 Å². The van der Waals surface area contributed by atoms with Gasteiger partial charge in [0.1, 0.15) is 5.82 Å². The molecule has 0 fully saturated rings. The van der Waals surface area contributed by atoms with Crippen LogP contribution in [0.15, 0.2) is 34.3 Å². The summed E-state index contributed by atoms with van der Waals surface area (Å²) < 4.78 is 26.2. The van der Waals surface area contributed by atoms with E-state index in [1.807, 2.05) is 0 Å². The fourth-order valence-corrected chi connectivity index (χ4v) is 3.20. The molecule has 26 heavy (non-hydrogen) atoms. The number of nitrogens with two attached hydrogens (primary N) is 1. The first kappa shape index (κ1) is 20.2. The zero-order chi connectivity index (χ0) is 19.1. The van der Waals surface area contributed by atoms with Gasteiger partial charge in [-0.05, 0) is 24.3 Å². The molecule has 1 aromatic carbocycles. The first-order valence-electron chi connectivity index (χ1n) is 7.49. The molecule has 0 radical (unpaired) electrons. The van der Waals surface area contributed by atoms with Gasteiger partial charge in [-0.15, -0.1) is 10.2 Å². The summed E-state index contributed by atoms with van der Waals surface area (Å²) in [4.78, 5) is 23.3. The largest absolute Gasteiger partial charge is 0.370 e. The number of hydrogen-bond acceptors (Lipinski definition) is 6.